The Kier molecular flexibility index (Phi) is 8.55. The van der Waals surface area contributed by atoms with Gasteiger partial charge < -0.3 is 9.64 Å². The van der Waals surface area contributed by atoms with Gasteiger partial charge in [-0.1, -0.05) is 42.5 Å². The fourth-order valence-electron chi connectivity index (χ4n) is 3.19. The lowest BCUT2D eigenvalue weighted by Crippen LogP contribution is -2.43. The van der Waals surface area contributed by atoms with Crippen molar-refractivity contribution in [2.45, 2.75) is 50.0 Å². The summed E-state index contributed by atoms with van der Waals surface area (Å²) in [5.74, 6) is -1.10. The molecule has 156 valence electrons. The third-order valence-electron chi connectivity index (χ3n) is 4.64. The second-order valence-electron chi connectivity index (χ2n) is 6.53. The number of rotatable bonds is 8. The van der Waals surface area contributed by atoms with Crippen molar-refractivity contribution < 1.29 is 22.7 Å². The lowest BCUT2D eigenvalue weighted by molar-refractivity contribution is -0.152. The van der Waals surface area contributed by atoms with Gasteiger partial charge in [0, 0.05) is 12.6 Å². The fourth-order valence-corrected chi connectivity index (χ4v) is 4.55. The van der Waals surface area contributed by atoms with Crippen LogP contribution in [0.1, 0.15) is 39.0 Å². The Morgan fingerprint density at radius 1 is 1.18 bits per heavy atom. The Bertz CT molecular complexity index is 810. The van der Waals surface area contributed by atoms with Crippen molar-refractivity contribution in [1.29, 1.82) is 0 Å². The number of halogens is 2. The minimum absolute atomic E-state index is 0.0834. The van der Waals surface area contributed by atoms with Crippen LogP contribution in [0.15, 0.2) is 23.1 Å². The van der Waals surface area contributed by atoms with Gasteiger partial charge in [-0.15, -0.1) is 0 Å². The summed E-state index contributed by atoms with van der Waals surface area (Å²) in [6.07, 6.45) is 5.26. The average Bonchev–Trinajstić information content (AvgIpc) is 2.68. The van der Waals surface area contributed by atoms with Gasteiger partial charge in [-0.25, -0.2) is 8.42 Å². The monoisotopic (exact) mass is 450 g/mol. The summed E-state index contributed by atoms with van der Waals surface area (Å²) in [6.45, 7) is 1.44. The van der Waals surface area contributed by atoms with Crippen LogP contribution in [0.25, 0.3) is 0 Å². The van der Waals surface area contributed by atoms with Crippen LogP contribution in [0.2, 0.25) is 10.0 Å². The van der Waals surface area contributed by atoms with Crippen LogP contribution in [-0.2, 0) is 24.3 Å². The van der Waals surface area contributed by atoms with Crippen LogP contribution in [0.5, 0.6) is 0 Å². The molecule has 1 fully saturated rings. The molecule has 0 unspecified atom stereocenters. The van der Waals surface area contributed by atoms with Crippen molar-refractivity contribution in [1.82, 2.24) is 9.62 Å². The second-order valence-corrected chi connectivity index (χ2v) is 9.11. The predicted octanol–water partition coefficient (Wildman–Crippen LogP) is 3.00. The molecule has 0 atom stereocenters. The normalized spacial score (nSPS) is 15.2. The van der Waals surface area contributed by atoms with Gasteiger partial charge in [0.05, 0.1) is 14.9 Å². The highest BCUT2D eigenvalue weighted by atomic mass is 35.5. The molecule has 10 heteroatoms. The van der Waals surface area contributed by atoms with E-state index in [4.69, 9.17) is 27.9 Å². The third-order valence-corrected chi connectivity index (χ3v) is 6.78. The maximum atomic E-state index is 12.4. The van der Waals surface area contributed by atoms with Gasteiger partial charge in [0.1, 0.15) is 6.54 Å². The number of nitrogens with one attached hydrogen (secondary N) is 1. The topological polar surface area (TPSA) is 92.8 Å². The van der Waals surface area contributed by atoms with Crippen LogP contribution in [0, 0.1) is 0 Å². The van der Waals surface area contributed by atoms with E-state index in [9.17, 15) is 18.0 Å². The van der Waals surface area contributed by atoms with E-state index in [2.05, 4.69) is 4.72 Å². The third kappa shape index (κ3) is 6.34. The fraction of sp³-hybridized carbons (Fsp3) is 0.556. The molecule has 0 spiro atoms. The Hall–Kier alpha value is -1.35. The van der Waals surface area contributed by atoms with Crippen molar-refractivity contribution >= 4 is 45.1 Å². The molecule has 0 bridgehead atoms. The number of carbonyl (C=O) groups excluding carboxylic acids is 2. The van der Waals surface area contributed by atoms with Gasteiger partial charge in [0.15, 0.2) is 6.61 Å². The van der Waals surface area contributed by atoms with E-state index in [0.717, 1.165) is 25.7 Å². The molecule has 1 N–H and O–H groups in total. The van der Waals surface area contributed by atoms with Gasteiger partial charge in [-0.3, -0.25) is 9.59 Å². The molecule has 1 saturated carbocycles. The van der Waals surface area contributed by atoms with E-state index in [1.165, 1.54) is 24.6 Å². The van der Waals surface area contributed by atoms with Gasteiger partial charge in [-0.2, -0.15) is 4.72 Å². The smallest absolute Gasteiger partial charge is 0.321 e. The molecular weight excluding hydrogens is 427 g/mol. The second kappa shape index (κ2) is 10.4. The molecule has 0 aliphatic heterocycles. The number of likely N-dealkylation sites (N-methyl/N-ethyl adjacent to an activating group) is 1. The maximum absolute atomic E-state index is 12.4. The first-order valence-electron chi connectivity index (χ1n) is 9.14. The number of nitrogens with zero attached hydrogens (tertiary/aromatic N) is 1. The molecule has 0 saturated heterocycles. The molecule has 2 rings (SSSR count). The number of esters is 1. The number of amides is 1. The lowest BCUT2D eigenvalue weighted by Gasteiger charge is -2.33. The lowest BCUT2D eigenvalue weighted by atomic mass is 9.94. The van der Waals surface area contributed by atoms with Gasteiger partial charge in [0.25, 0.3) is 5.91 Å². The predicted molar refractivity (Wildman–Crippen MR) is 107 cm³/mol. The van der Waals surface area contributed by atoms with Gasteiger partial charge in [-0.05, 0) is 38.0 Å². The van der Waals surface area contributed by atoms with E-state index in [-0.39, 0.29) is 26.9 Å². The SMILES string of the molecule is CCN(C(=O)COC(=O)CNS(=O)(=O)c1ccc(Cl)c(Cl)c1)C1CCCCC1. The Labute approximate surface area is 175 Å². The zero-order valence-electron chi connectivity index (χ0n) is 15.6. The largest absolute Gasteiger partial charge is 0.455 e. The number of sulfonamides is 1. The zero-order valence-corrected chi connectivity index (χ0v) is 17.9. The number of carbonyl (C=O) groups is 2. The summed E-state index contributed by atoms with van der Waals surface area (Å²) in [4.78, 5) is 25.8. The van der Waals surface area contributed by atoms with E-state index in [1.807, 2.05) is 6.92 Å². The summed E-state index contributed by atoms with van der Waals surface area (Å²) in [5.41, 5.74) is 0. The average molecular weight is 451 g/mol. The van der Waals surface area contributed by atoms with E-state index in [1.54, 1.807) is 4.90 Å². The highest BCUT2D eigenvalue weighted by Crippen LogP contribution is 2.25. The number of hydrogen-bond acceptors (Lipinski definition) is 5. The van der Waals surface area contributed by atoms with Crippen LogP contribution in [-0.4, -0.2) is 50.9 Å². The Morgan fingerprint density at radius 2 is 1.86 bits per heavy atom. The molecule has 0 heterocycles. The summed E-state index contributed by atoms with van der Waals surface area (Å²) in [5, 5.41) is 0.303. The molecule has 1 aliphatic rings. The minimum Gasteiger partial charge on any atom is -0.455 e. The van der Waals surface area contributed by atoms with Gasteiger partial charge >= 0.3 is 5.97 Å². The van der Waals surface area contributed by atoms with E-state index < -0.39 is 29.1 Å². The summed E-state index contributed by atoms with van der Waals surface area (Å²) in [6, 6.07) is 3.98. The van der Waals surface area contributed by atoms with Crippen LogP contribution >= 0.6 is 23.2 Å². The first kappa shape index (κ1) is 22.9. The minimum atomic E-state index is -3.96. The molecule has 7 nitrogen and oxygen atoms in total. The van der Waals surface area contributed by atoms with Gasteiger partial charge in [0.2, 0.25) is 10.0 Å². The van der Waals surface area contributed by atoms with E-state index in [0.29, 0.717) is 6.54 Å². The molecule has 1 aromatic carbocycles. The number of benzene rings is 1. The van der Waals surface area contributed by atoms with Crippen molar-refractivity contribution in [3.05, 3.63) is 28.2 Å². The number of hydrogen-bond donors (Lipinski definition) is 1. The molecule has 0 aromatic heterocycles. The first-order chi connectivity index (χ1) is 13.2. The molecule has 1 aliphatic carbocycles. The summed E-state index contributed by atoms with van der Waals surface area (Å²) < 4.78 is 31.5. The molecule has 0 radical (unpaired) electrons. The van der Waals surface area contributed by atoms with Crippen molar-refractivity contribution in [2.24, 2.45) is 0 Å². The van der Waals surface area contributed by atoms with Crippen molar-refractivity contribution in [3.63, 3.8) is 0 Å². The Morgan fingerprint density at radius 3 is 2.46 bits per heavy atom. The van der Waals surface area contributed by atoms with Crippen molar-refractivity contribution in [3.8, 4) is 0 Å². The Balaban J connectivity index is 1.84. The first-order valence-corrected chi connectivity index (χ1v) is 11.4. The van der Waals surface area contributed by atoms with Crippen LogP contribution in [0.4, 0.5) is 0 Å². The standard InChI is InChI=1S/C18H24Cl2N2O5S/c1-2-22(13-6-4-3-5-7-13)17(23)12-27-18(24)11-21-28(25,26)14-8-9-15(19)16(20)10-14/h8-10,13,21H,2-7,11-12H2,1H3. The molecule has 28 heavy (non-hydrogen) atoms. The highest BCUT2D eigenvalue weighted by Gasteiger charge is 2.25. The summed E-state index contributed by atoms with van der Waals surface area (Å²) in [7, 11) is -3.96. The zero-order chi connectivity index (χ0) is 20.7. The van der Waals surface area contributed by atoms with Crippen LogP contribution in [0.3, 0.4) is 0 Å². The van der Waals surface area contributed by atoms with E-state index >= 15 is 0 Å². The highest BCUT2D eigenvalue weighted by molar-refractivity contribution is 7.89. The van der Waals surface area contributed by atoms with Crippen LogP contribution < -0.4 is 4.72 Å². The molecular formula is C18H24Cl2N2O5S. The quantitative estimate of drug-likeness (QED) is 0.614. The molecule has 1 aromatic rings. The summed E-state index contributed by atoms with van der Waals surface area (Å²) >= 11 is 11.6. The number of ether oxygens (including phenoxy) is 1. The maximum Gasteiger partial charge on any atom is 0.321 e. The van der Waals surface area contributed by atoms with Crippen molar-refractivity contribution in [2.75, 3.05) is 19.7 Å². The molecule has 1 amide bonds.